The van der Waals surface area contributed by atoms with Crippen molar-refractivity contribution in [2.45, 2.75) is 32.1 Å². The van der Waals surface area contributed by atoms with E-state index in [1.54, 1.807) is 6.08 Å². The first kappa shape index (κ1) is 10.2. The molecule has 0 aromatic rings. The molecule has 1 N–H and O–H groups in total. The SMILES string of the molecule is O=[N+]([O-])C1=CC2=C(CCCCC2)N(O)C1. The van der Waals surface area contributed by atoms with Crippen LogP contribution in [0.15, 0.2) is 23.0 Å². The maximum atomic E-state index is 10.6. The molecular weight excluding hydrogens is 196 g/mol. The fourth-order valence-electron chi connectivity index (χ4n) is 2.15. The Morgan fingerprint density at radius 2 is 2.07 bits per heavy atom. The first-order valence-electron chi connectivity index (χ1n) is 5.22. The third-order valence-electron chi connectivity index (χ3n) is 2.93. The van der Waals surface area contributed by atoms with Gasteiger partial charge in [-0.3, -0.25) is 20.4 Å². The third-order valence-corrected chi connectivity index (χ3v) is 2.93. The maximum Gasteiger partial charge on any atom is 0.268 e. The van der Waals surface area contributed by atoms with Crippen LogP contribution in [-0.4, -0.2) is 21.7 Å². The molecule has 0 unspecified atom stereocenters. The van der Waals surface area contributed by atoms with Crippen molar-refractivity contribution in [2.24, 2.45) is 0 Å². The van der Waals surface area contributed by atoms with E-state index in [-0.39, 0.29) is 12.2 Å². The second-order valence-corrected chi connectivity index (χ2v) is 3.98. The van der Waals surface area contributed by atoms with E-state index in [1.165, 1.54) is 0 Å². The molecule has 1 heterocycles. The Bertz CT molecular complexity index is 347. The molecule has 0 fully saturated rings. The topological polar surface area (TPSA) is 66.6 Å². The summed E-state index contributed by atoms with van der Waals surface area (Å²) < 4.78 is 0. The molecular formula is C10H14N2O3. The van der Waals surface area contributed by atoms with Gasteiger partial charge in [-0.15, -0.1) is 0 Å². The molecule has 15 heavy (non-hydrogen) atoms. The van der Waals surface area contributed by atoms with Crippen molar-refractivity contribution in [1.82, 2.24) is 5.06 Å². The zero-order valence-electron chi connectivity index (χ0n) is 8.48. The molecule has 0 saturated heterocycles. The number of rotatable bonds is 1. The number of hydrogen-bond donors (Lipinski definition) is 1. The van der Waals surface area contributed by atoms with Gasteiger partial charge in [0.1, 0.15) is 6.54 Å². The Morgan fingerprint density at radius 3 is 2.80 bits per heavy atom. The molecule has 5 nitrogen and oxygen atoms in total. The molecule has 2 rings (SSSR count). The molecule has 2 aliphatic rings. The van der Waals surface area contributed by atoms with Crippen LogP contribution in [0.2, 0.25) is 0 Å². The highest BCUT2D eigenvalue weighted by atomic mass is 16.6. The average molecular weight is 210 g/mol. The van der Waals surface area contributed by atoms with E-state index < -0.39 is 4.92 Å². The maximum absolute atomic E-state index is 10.6. The number of allylic oxidation sites excluding steroid dienone is 3. The summed E-state index contributed by atoms with van der Waals surface area (Å²) in [5, 5.41) is 21.4. The lowest BCUT2D eigenvalue weighted by Crippen LogP contribution is -2.28. The second-order valence-electron chi connectivity index (χ2n) is 3.98. The number of hydrogen-bond acceptors (Lipinski definition) is 4. The summed E-state index contributed by atoms with van der Waals surface area (Å²) >= 11 is 0. The zero-order valence-corrected chi connectivity index (χ0v) is 8.48. The normalized spacial score (nSPS) is 21.9. The van der Waals surface area contributed by atoms with Gasteiger partial charge in [0.05, 0.1) is 4.92 Å². The molecule has 0 bridgehead atoms. The van der Waals surface area contributed by atoms with Gasteiger partial charge in [-0.25, -0.2) is 0 Å². The van der Waals surface area contributed by atoms with Gasteiger partial charge in [-0.05, 0) is 31.3 Å². The number of hydroxylamine groups is 2. The Labute approximate surface area is 87.8 Å². The minimum absolute atomic E-state index is 0.00579. The fraction of sp³-hybridized carbons (Fsp3) is 0.600. The quantitative estimate of drug-likeness (QED) is 0.531. The molecule has 0 atom stereocenters. The van der Waals surface area contributed by atoms with E-state index in [2.05, 4.69) is 0 Å². The lowest BCUT2D eigenvalue weighted by Gasteiger charge is -2.24. The summed E-state index contributed by atoms with van der Waals surface area (Å²) in [7, 11) is 0. The first-order valence-corrected chi connectivity index (χ1v) is 5.22. The van der Waals surface area contributed by atoms with Crippen LogP contribution in [0.4, 0.5) is 0 Å². The van der Waals surface area contributed by atoms with Crippen LogP contribution in [0.3, 0.4) is 0 Å². The number of nitro groups is 1. The van der Waals surface area contributed by atoms with Gasteiger partial charge >= 0.3 is 0 Å². The van der Waals surface area contributed by atoms with E-state index in [4.69, 9.17) is 0 Å². The molecule has 0 spiro atoms. The molecule has 0 aromatic heterocycles. The lowest BCUT2D eigenvalue weighted by atomic mass is 10.0. The van der Waals surface area contributed by atoms with Gasteiger partial charge in [0.15, 0.2) is 0 Å². The van der Waals surface area contributed by atoms with E-state index in [0.29, 0.717) is 0 Å². The molecule has 0 saturated carbocycles. The average Bonchev–Trinajstić information content (AvgIpc) is 2.42. The van der Waals surface area contributed by atoms with Crippen LogP contribution in [0.1, 0.15) is 32.1 Å². The smallest absolute Gasteiger partial charge is 0.268 e. The zero-order chi connectivity index (χ0) is 10.8. The fourth-order valence-corrected chi connectivity index (χ4v) is 2.15. The van der Waals surface area contributed by atoms with Gasteiger partial charge in [0.25, 0.3) is 5.70 Å². The molecule has 0 amide bonds. The van der Waals surface area contributed by atoms with E-state index in [1.807, 2.05) is 0 Å². The lowest BCUT2D eigenvalue weighted by molar-refractivity contribution is -0.431. The van der Waals surface area contributed by atoms with Crippen molar-refractivity contribution in [2.75, 3.05) is 6.54 Å². The summed E-state index contributed by atoms with van der Waals surface area (Å²) in [6.45, 7) is 0.00579. The van der Waals surface area contributed by atoms with Crippen LogP contribution < -0.4 is 0 Å². The minimum atomic E-state index is -0.419. The van der Waals surface area contributed by atoms with Crippen molar-refractivity contribution in [1.29, 1.82) is 0 Å². The van der Waals surface area contributed by atoms with Crippen LogP contribution in [0, 0.1) is 10.1 Å². The predicted octanol–water partition coefficient (Wildman–Crippen LogP) is 2.07. The molecule has 0 radical (unpaired) electrons. The van der Waals surface area contributed by atoms with Gasteiger partial charge in [-0.1, -0.05) is 6.42 Å². The van der Waals surface area contributed by atoms with Gasteiger partial charge in [0, 0.05) is 11.8 Å². The molecule has 1 aliphatic heterocycles. The highest BCUT2D eigenvalue weighted by molar-refractivity contribution is 5.31. The Morgan fingerprint density at radius 1 is 1.33 bits per heavy atom. The second kappa shape index (κ2) is 4.02. The van der Waals surface area contributed by atoms with E-state index in [9.17, 15) is 15.3 Å². The summed E-state index contributed by atoms with van der Waals surface area (Å²) in [5.74, 6) is 0. The van der Waals surface area contributed by atoms with E-state index in [0.717, 1.165) is 48.4 Å². The largest absolute Gasteiger partial charge is 0.288 e. The van der Waals surface area contributed by atoms with E-state index >= 15 is 0 Å². The standard InChI is InChI=1S/C10H14N2O3/c13-11-7-9(12(14)15)6-8-4-2-1-3-5-10(8)11/h6,13H,1-5,7H2. The Balaban J connectivity index is 2.31. The minimum Gasteiger partial charge on any atom is -0.288 e. The van der Waals surface area contributed by atoms with Gasteiger partial charge in [0.2, 0.25) is 0 Å². The Hall–Kier alpha value is -1.36. The van der Waals surface area contributed by atoms with Crippen molar-refractivity contribution in [3.63, 3.8) is 0 Å². The molecule has 82 valence electrons. The Kier molecular flexibility index (Phi) is 2.73. The predicted molar refractivity (Wildman–Crippen MR) is 53.7 cm³/mol. The highest BCUT2D eigenvalue weighted by Crippen LogP contribution is 2.30. The van der Waals surface area contributed by atoms with Gasteiger partial charge in [-0.2, -0.15) is 0 Å². The van der Waals surface area contributed by atoms with Crippen LogP contribution >= 0.6 is 0 Å². The van der Waals surface area contributed by atoms with Crippen molar-refractivity contribution >= 4 is 0 Å². The van der Waals surface area contributed by atoms with Gasteiger partial charge < -0.3 is 0 Å². The van der Waals surface area contributed by atoms with Crippen LogP contribution in [0.25, 0.3) is 0 Å². The van der Waals surface area contributed by atoms with Crippen molar-refractivity contribution in [3.05, 3.63) is 33.2 Å². The van der Waals surface area contributed by atoms with Crippen LogP contribution in [0.5, 0.6) is 0 Å². The molecule has 0 aromatic carbocycles. The summed E-state index contributed by atoms with van der Waals surface area (Å²) in [5.41, 5.74) is 1.89. The molecule has 1 aliphatic carbocycles. The summed E-state index contributed by atoms with van der Waals surface area (Å²) in [6.07, 6.45) is 6.53. The summed E-state index contributed by atoms with van der Waals surface area (Å²) in [6, 6.07) is 0. The number of nitrogens with zero attached hydrogens (tertiary/aromatic N) is 2. The summed E-state index contributed by atoms with van der Waals surface area (Å²) in [4.78, 5) is 10.2. The molecule has 5 heteroatoms. The van der Waals surface area contributed by atoms with Crippen LogP contribution in [-0.2, 0) is 0 Å². The monoisotopic (exact) mass is 210 g/mol. The first-order chi connectivity index (χ1) is 7.18. The van der Waals surface area contributed by atoms with Crippen molar-refractivity contribution in [3.8, 4) is 0 Å². The van der Waals surface area contributed by atoms with Crippen molar-refractivity contribution < 1.29 is 10.1 Å². The highest BCUT2D eigenvalue weighted by Gasteiger charge is 2.26. The third kappa shape index (κ3) is 2.02.